The van der Waals surface area contributed by atoms with Crippen LogP contribution >= 0.6 is 0 Å². The van der Waals surface area contributed by atoms with Crippen LogP contribution in [0.3, 0.4) is 0 Å². The molecule has 0 aliphatic heterocycles. The van der Waals surface area contributed by atoms with Gasteiger partial charge in [0.2, 0.25) is 0 Å². The minimum atomic E-state index is -2.30. The molecule has 2 nitrogen and oxygen atoms in total. The van der Waals surface area contributed by atoms with E-state index in [1.165, 1.54) is 12.1 Å². The van der Waals surface area contributed by atoms with Crippen molar-refractivity contribution in [3.8, 4) is 11.3 Å². The first-order valence-electron chi connectivity index (χ1n) is 9.74. The van der Waals surface area contributed by atoms with E-state index in [1.54, 1.807) is 0 Å². The van der Waals surface area contributed by atoms with Gasteiger partial charge in [0.15, 0.2) is 0 Å². The lowest BCUT2D eigenvalue weighted by molar-refractivity contribution is 0.670. The van der Waals surface area contributed by atoms with Gasteiger partial charge in [-0.25, -0.2) is 0 Å². The predicted molar refractivity (Wildman–Crippen MR) is 99.2 cm³/mol. The summed E-state index contributed by atoms with van der Waals surface area (Å²) in [5, 5.41) is 4.14. The summed E-state index contributed by atoms with van der Waals surface area (Å²) < 4.78 is 37.1. The number of aryl methyl sites for hydroxylation is 1. The number of furan rings is 1. The molecule has 0 fully saturated rings. The van der Waals surface area contributed by atoms with E-state index in [-0.39, 0.29) is 11.7 Å². The second kappa shape index (κ2) is 4.93. The molecule has 5 aromatic rings. The summed E-state index contributed by atoms with van der Waals surface area (Å²) in [5.74, 6) is 0. The standard InChI is InChI=1S/C22H15NO/c1-14-9-10-23-20(11-14)18-8-4-7-17-19-12-15-5-2-3-6-16(15)13-21(19)24-22(17)18/h2-13H,1H3/i1D3,10D. The Morgan fingerprint density at radius 1 is 0.917 bits per heavy atom. The number of benzene rings is 3. The van der Waals surface area contributed by atoms with Crippen molar-refractivity contribution in [1.29, 1.82) is 0 Å². The molecule has 0 aliphatic rings. The minimum Gasteiger partial charge on any atom is -0.455 e. The highest BCUT2D eigenvalue weighted by molar-refractivity contribution is 6.12. The number of aromatic nitrogens is 1. The lowest BCUT2D eigenvalue weighted by Crippen LogP contribution is -1.84. The van der Waals surface area contributed by atoms with Crippen LogP contribution in [-0.4, -0.2) is 4.98 Å². The second-order valence-electron chi connectivity index (χ2n) is 5.85. The molecule has 0 radical (unpaired) electrons. The van der Waals surface area contributed by atoms with Crippen molar-refractivity contribution in [2.24, 2.45) is 0 Å². The number of pyridine rings is 1. The first-order valence-corrected chi connectivity index (χ1v) is 7.74. The first kappa shape index (κ1) is 9.89. The molecule has 0 atom stereocenters. The van der Waals surface area contributed by atoms with E-state index in [9.17, 15) is 0 Å². The maximum absolute atomic E-state index is 7.93. The Morgan fingerprint density at radius 3 is 2.67 bits per heavy atom. The van der Waals surface area contributed by atoms with Crippen molar-refractivity contribution in [1.82, 2.24) is 4.98 Å². The largest absolute Gasteiger partial charge is 0.455 e. The zero-order chi connectivity index (χ0) is 19.5. The van der Waals surface area contributed by atoms with Crippen molar-refractivity contribution in [2.45, 2.75) is 6.85 Å². The highest BCUT2D eigenvalue weighted by atomic mass is 16.3. The quantitative estimate of drug-likeness (QED) is 0.373. The van der Waals surface area contributed by atoms with E-state index in [2.05, 4.69) is 17.1 Å². The Labute approximate surface area is 145 Å². The lowest BCUT2D eigenvalue weighted by Gasteiger charge is -2.02. The van der Waals surface area contributed by atoms with Crippen molar-refractivity contribution in [3.05, 3.63) is 78.5 Å². The van der Waals surface area contributed by atoms with Gasteiger partial charge < -0.3 is 4.42 Å². The van der Waals surface area contributed by atoms with Crippen LogP contribution in [0.15, 0.2) is 77.3 Å². The van der Waals surface area contributed by atoms with E-state index in [0.717, 1.165) is 27.1 Å². The van der Waals surface area contributed by atoms with Crippen LogP contribution in [0.25, 0.3) is 44.0 Å². The second-order valence-corrected chi connectivity index (χ2v) is 5.85. The van der Waals surface area contributed by atoms with Gasteiger partial charge in [0, 0.05) is 26.6 Å². The van der Waals surface area contributed by atoms with E-state index < -0.39 is 6.85 Å². The van der Waals surface area contributed by atoms with Gasteiger partial charge in [-0.3, -0.25) is 4.98 Å². The molecule has 0 saturated heterocycles. The highest BCUT2D eigenvalue weighted by Gasteiger charge is 2.13. The normalized spacial score (nSPS) is 14.5. The third-order valence-electron chi connectivity index (χ3n) is 4.34. The Balaban J connectivity index is 1.81. The molecular weight excluding hydrogens is 294 g/mol. The number of para-hydroxylation sites is 1. The average molecular weight is 313 g/mol. The summed E-state index contributed by atoms with van der Waals surface area (Å²) in [6.45, 7) is -2.30. The fourth-order valence-corrected chi connectivity index (χ4v) is 3.22. The Hall–Kier alpha value is -3.13. The molecule has 0 bridgehead atoms. The highest BCUT2D eigenvalue weighted by Crippen LogP contribution is 2.36. The van der Waals surface area contributed by atoms with Gasteiger partial charge in [-0.15, -0.1) is 0 Å². The summed E-state index contributed by atoms with van der Waals surface area (Å²) in [6.07, 6.45) is -0.0810. The van der Waals surface area contributed by atoms with Gasteiger partial charge >= 0.3 is 0 Å². The number of hydrogen-bond donors (Lipinski definition) is 0. The Morgan fingerprint density at radius 2 is 1.79 bits per heavy atom. The molecule has 0 spiro atoms. The summed E-state index contributed by atoms with van der Waals surface area (Å²) in [5.41, 5.74) is 2.60. The van der Waals surface area contributed by atoms with Crippen LogP contribution in [0.4, 0.5) is 0 Å². The molecule has 0 aliphatic carbocycles. The van der Waals surface area contributed by atoms with Crippen molar-refractivity contribution < 1.29 is 9.90 Å². The lowest BCUT2D eigenvalue weighted by atomic mass is 10.0. The van der Waals surface area contributed by atoms with Crippen molar-refractivity contribution in [2.75, 3.05) is 0 Å². The molecule has 3 aromatic carbocycles. The smallest absolute Gasteiger partial charge is 0.144 e. The zero-order valence-electron chi connectivity index (χ0n) is 16.7. The third-order valence-corrected chi connectivity index (χ3v) is 4.34. The summed E-state index contributed by atoms with van der Waals surface area (Å²) in [6, 6.07) is 20.7. The first-order chi connectivity index (χ1) is 13.4. The monoisotopic (exact) mass is 313 g/mol. The third kappa shape index (κ3) is 1.93. The molecular formula is C22H15NO. The molecule has 0 N–H and O–H groups in total. The fraction of sp³-hybridized carbons (Fsp3) is 0.0455. The Kier molecular flexibility index (Phi) is 2.03. The molecule has 2 heterocycles. The van der Waals surface area contributed by atoms with Gasteiger partial charge in [0.1, 0.15) is 11.2 Å². The molecule has 24 heavy (non-hydrogen) atoms. The van der Waals surface area contributed by atoms with Crippen LogP contribution in [0.5, 0.6) is 0 Å². The van der Waals surface area contributed by atoms with Crippen molar-refractivity contribution in [3.63, 3.8) is 0 Å². The van der Waals surface area contributed by atoms with Gasteiger partial charge in [-0.05, 0) is 53.5 Å². The molecule has 2 aromatic heterocycles. The van der Waals surface area contributed by atoms with E-state index in [1.807, 2.05) is 42.5 Å². The van der Waals surface area contributed by atoms with Gasteiger partial charge in [0.05, 0.1) is 7.06 Å². The fourth-order valence-electron chi connectivity index (χ4n) is 3.22. The maximum atomic E-state index is 7.93. The molecule has 0 amide bonds. The summed E-state index contributed by atoms with van der Waals surface area (Å²) in [7, 11) is 0. The van der Waals surface area contributed by atoms with Crippen LogP contribution in [0, 0.1) is 6.85 Å². The molecule has 5 rings (SSSR count). The number of hydrogen-bond acceptors (Lipinski definition) is 2. The van der Waals surface area contributed by atoms with Crippen molar-refractivity contribution >= 4 is 32.7 Å². The van der Waals surface area contributed by atoms with Gasteiger partial charge in [0.25, 0.3) is 0 Å². The topological polar surface area (TPSA) is 26.0 Å². The van der Waals surface area contributed by atoms with Crippen LogP contribution < -0.4 is 0 Å². The number of rotatable bonds is 1. The minimum absolute atomic E-state index is 0.0810. The summed E-state index contributed by atoms with van der Waals surface area (Å²) in [4.78, 5) is 4.25. The summed E-state index contributed by atoms with van der Waals surface area (Å²) >= 11 is 0. The maximum Gasteiger partial charge on any atom is 0.144 e. The van der Waals surface area contributed by atoms with E-state index in [4.69, 9.17) is 9.90 Å². The average Bonchev–Trinajstić information content (AvgIpc) is 3.02. The van der Waals surface area contributed by atoms with E-state index >= 15 is 0 Å². The SMILES string of the molecule is [2H]c1cc(C([2H])([2H])[2H])cc(-c2cccc3c2oc2cc4ccccc4cc23)n1. The predicted octanol–water partition coefficient (Wildman–Crippen LogP) is 6.11. The number of fused-ring (bicyclic) bond motifs is 4. The number of nitrogens with zero attached hydrogens (tertiary/aromatic N) is 1. The van der Waals surface area contributed by atoms with Gasteiger partial charge in [-0.1, -0.05) is 36.4 Å². The zero-order valence-corrected chi connectivity index (χ0v) is 12.7. The Bertz CT molecular complexity index is 1370. The molecule has 0 saturated carbocycles. The van der Waals surface area contributed by atoms with E-state index in [0.29, 0.717) is 16.8 Å². The molecule has 0 unspecified atom stereocenters. The van der Waals surface area contributed by atoms with Gasteiger partial charge in [-0.2, -0.15) is 0 Å². The molecule has 114 valence electrons. The van der Waals surface area contributed by atoms with Crippen LogP contribution in [-0.2, 0) is 0 Å². The van der Waals surface area contributed by atoms with Crippen LogP contribution in [0.1, 0.15) is 11.0 Å². The van der Waals surface area contributed by atoms with Crippen LogP contribution in [0.2, 0.25) is 0 Å². The molecule has 2 heteroatoms.